The molecule has 0 aliphatic carbocycles. The Kier molecular flexibility index (Phi) is 7.04. The summed E-state index contributed by atoms with van der Waals surface area (Å²) in [6.45, 7) is 5.17. The van der Waals surface area contributed by atoms with Gasteiger partial charge in [-0.2, -0.15) is 5.10 Å². The second-order valence-corrected chi connectivity index (χ2v) is 6.29. The van der Waals surface area contributed by atoms with Crippen molar-refractivity contribution in [1.29, 1.82) is 0 Å². The minimum Gasteiger partial charge on any atom is -0.357 e. The number of nitrogens with one attached hydrogen (secondary N) is 2. The maximum absolute atomic E-state index is 4.85. The molecule has 1 aromatic heterocycles. The summed E-state index contributed by atoms with van der Waals surface area (Å²) in [6.07, 6.45) is 3.76. The van der Waals surface area contributed by atoms with E-state index >= 15 is 0 Å². The van der Waals surface area contributed by atoms with E-state index in [1.807, 2.05) is 16.9 Å². The predicted octanol–water partition coefficient (Wildman–Crippen LogP) is 3.27. The zero-order valence-electron chi connectivity index (χ0n) is 15.8. The van der Waals surface area contributed by atoms with Crippen LogP contribution < -0.4 is 10.6 Å². The quantitative estimate of drug-likeness (QED) is 0.478. The average molecular weight is 361 g/mol. The largest absolute Gasteiger partial charge is 0.357 e. The molecule has 0 radical (unpaired) electrons. The minimum atomic E-state index is 0.231. The predicted molar refractivity (Wildman–Crippen MR) is 111 cm³/mol. The van der Waals surface area contributed by atoms with Gasteiger partial charge < -0.3 is 10.6 Å². The average Bonchev–Trinajstić information content (AvgIpc) is 3.23. The summed E-state index contributed by atoms with van der Waals surface area (Å²) in [5.41, 5.74) is 2.56. The summed E-state index contributed by atoms with van der Waals surface area (Å²) in [5, 5.41) is 11.0. The maximum Gasteiger partial charge on any atom is 0.191 e. The van der Waals surface area contributed by atoms with Crippen molar-refractivity contribution in [3.63, 3.8) is 0 Å². The molecule has 0 spiro atoms. The van der Waals surface area contributed by atoms with Gasteiger partial charge in [-0.05, 0) is 24.1 Å². The van der Waals surface area contributed by atoms with E-state index in [-0.39, 0.29) is 5.92 Å². The fourth-order valence-electron chi connectivity index (χ4n) is 3.02. The first-order valence-corrected chi connectivity index (χ1v) is 9.46. The van der Waals surface area contributed by atoms with Gasteiger partial charge in [0.15, 0.2) is 5.96 Å². The lowest BCUT2D eigenvalue weighted by Gasteiger charge is -2.18. The number of hydrogen-bond acceptors (Lipinski definition) is 2. The summed E-state index contributed by atoms with van der Waals surface area (Å²) in [4.78, 5) is 4.85. The molecule has 1 heterocycles. The van der Waals surface area contributed by atoms with Crippen molar-refractivity contribution in [3.8, 4) is 0 Å². The molecule has 0 amide bonds. The molecule has 0 fully saturated rings. The number of rotatable bonds is 8. The van der Waals surface area contributed by atoms with E-state index in [0.29, 0.717) is 6.54 Å². The third-order valence-corrected chi connectivity index (χ3v) is 4.37. The summed E-state index contributed by atoms with van der Waals surface area (Å²) >= 11 is 0. The topological polar surface area (TPSA) is 54.2 Å². The highest BCUT2D eigenvalue weighted by molar-refractivity contribution is 5.79. The van der Waals surface area contributed by atoms with Crippen LogP contribution in [0, 0.1) is 0 Å². The summed E-state index contributed by atoms with van der Waals surface area (Å²) in [5.74, 6) is 1.07. The van der Waals surface area contributed by atoms with Crippen molar-refractivity contribution < 1.29 is 0 Å². The smallest absolute Gasteiger partial charge is 0.191 e. The van der Waals surface area contributed by atoms with Gasteiger partial charge in [0.25, 0.3) is 0 Å². The molecule has 0 aliphatic rings. The van der Waals surface area contributed by atoms with Gasteiger partial charge in [0.1, 0.15) is 0 Å². The second-order valence-electron chi connectivity index (χ2n) is 6.29. The fraction of sp³-hybridized carbons (Fsp3) is 0.273. The van der Waals surface area contributed by atoms with Crippen molar-refractivity contribution in [2.24, 2.45) is 4.99 Å². The van der Waals surface area contributed by atoms with Crippen LogP contribution in [0.5, 0.6) is 0 Å². The van der Waals surface area contributed by atoms with E-state index < -0.39 is 0 Å². The van der Waals surface area contributed by atoms with Gasteiger partial charge in [-0.3, -0.25) is 9.67 Å². The SMILES string of the molecule is CCNC(=NCC(c1ccccc1)c1ccccc1)NCCn1cccn1. The number of benzene rings is 2. The highest BCUT2D eigenvalue weighted by atomic mass is 15.3. The van der Waals surface area contributed by atoms with Gasteiger partial charge in [-0.25, -0.2) is 0 Å². The van der Waals surface area contributed by atoms with Crippen LogP contribution in [-0.4, -0.2) is 35.4 Å². The summed E-state index contributed by atoms with van der Waals surface area (Å²) in [6, 6.07) is 23.1. The van der Waals surface area contributed by atoms with Crippen molar-refractivity contribution in [3.05, 3.63) is 90.3 Å². The van der Waals surface area contributed by atoms with Crippen LogP contribution in [-0.2, 0) is 6.54 Å². The van der Waals surface area contributed by atoms with Gasteiger partial charge in [0, 0.05) is 31.4 Å². The second kappa shape index (κ2) is 10.2. The number of nitrogens with zero attached hydrogens (tertiary/aromatic N) is 3. The Morgan fingerprint density at radius 3 is 2.19 bits per heavy atom. The van der Waals surface area contributed by atoms with Gasteiger partial charge in [-0.1, -0.05) is 60.7 Å². The molecule has 3 rings (SSSR count). The van der Waals surface area contributed by atoms with E-state index in [2.05, 4.69) is 83.3 Å². The van der Waals surface area contributed by atoms with Crippen LogP contribution in [0.25, 0.3) is 0 Å². The molecule has 2 aromatic carbocycles. The molecule has 2 N–H and O–H groups in total. The Morgan fingerprint density at radius 1 is 0.963 bits per heavy atom. The highest BCUT2D eigenvalue weighted by Gasteiger charge is 2.13. The van der Waals surface area contributed by atoms with Gasteiger partial charge in [-0.15, -0.1) is 0 Å². The zero-order chi connectivity index (χ0) is 18.7. The molecule has 0 unspecified atom stereocenters. The standard InChI is InChI=1S/C22H27N5/c1-2-23-22(24-15-17-27-16-9-14-26-27)25-18-21(19-10-5-3-6-11-19)20-12-7-4-8-13-20/h3-14,16,21H,2,15,17-18H2,1H3,(H2,23,24,25). The molecule has 0 saturated carbocycles. The Balaban J connectivity index is 1.70. The van der Waals surface area contributed by atoms with Crippen molar-refractivity contribution >= 4 is 5.96 Å². The van der Waals surface area contributed by atoms with Crippen LogP contribution in [0.15, 0.2) is 84.1 Å². The van der Waals surface area contributed by atoms with Gasteiger partial charge in [0.05, 0.1) is 13.1 Å². The lowest BCUT2D eigenvalue weighted by atomic mass is 9.91. The lowest BCUT2D eigenvalue weighted by Crippen LogP contribution is -2.39. The number of aromatic nitrogens is 2. The molecule has 3 aromatic rings. The normalized spacial score (nSPS) is 11.6. The zero-order valence-corrected chi connectivity index (χ0v) is 15.8. The molecule has 0 aliphatic heterocycles. The van der Waals surface area contributed by atoms with E-state index in [1.54, 1.807) is 6.20 Å². The van der Waals surface area contributed by atoms with Crippen LogP contribution in [0.3, 0.4) is 0 Å². The molecular formula is C22H27N5. The number of hydrogen-bond donors (Lipinski definition) is 2. The van der Waals surface area contributed by atoms with E-state index in [4.69, 9.17) is 4.99 Å². The van der Waals surface area contributed by atoms with Crippen molar-refractivity contribution in [1.82, 2.24) is 20.4 Å². The first-order valence-electron chi connectivity index (χ1n) is 9.46. The summed E-state index contributed by atoms with van der Waals surface area (Å²) in [7, 11) is 0. The monoisotopic (exact) mass is 361 g/mol. The molecule has 0 bridgehead atoms. The Labute approximate surface area is 161 Å². The van der Waals surface area contributed by atoms with Crippen LogP contribution in [0.4, 0.5) is 0 Å². The Morgan fingerprint density at radius 2 is 1.63 bits per heavy atom. The van der Waals surface area contributed by atoms with Crippen LogP contribution >= 0.6 is 0 Å². The van der Waals surface area contributed by atoms with Crippen molar-refractivity contribution in [2.75, 3.05) is 19.6 Å². The third kappa shape index (κ3) is 5.71. The minimum absolute atomic E-state index is 0.231. The van der Waals surface area contributed by atoms with Crippen LogP contribution in [0.2, 0.25) is 0 Å². The number of aliphatic imine (C=N–C) groups is 1. The van der Waals surface area contributed by atoms with Gasteiger partial charge in [0.2, 0.25) is 0 Å². The molecule has 5 heteroatoms. The Hall–Kier alpha value is -3.08. The molecule has 0 atom stereocenters. The van der Waals surface area contributed by atoms with Gasteiger partial charge >= 0.3 is 0 Å². The molecule has 140 valence electrons. The van der Waals surface area contributed by atoms with E-state index in [9.17, 15) is 0 Å². The van der Waals surface area contributed by atoms with Crippen molar-refractivity contribution in [2.45, 2.75) is 19.4 Å². The lowest BCUT2D eigenvalue weighted by molar-refractivity contribution is 0.597. The van der Waals surface area contributed by atoms with E-state index in [1.165, 1.54) is 11.1 Å². The molecule has 27 heavy (non-hydrogen) atoms. The maximum atomic E-state index is 4.85. The molecule has 0 saturated heterocycles. The molecule has 5 nitrogen and oxygen atoms in total. The first kappa shape index (κ1) is 18.7. The summed E-state index contributed by atoms with van der Waals surface area (Å²) < 4.78 is 1.91. The molecular weight excluding hydrogens is 334 g/mol. The number of guanidine groups is 1. The third-order valence-electron chi connectivity index (χ3n) is 4.37. The van der Waals surface area contributed by atoms with E-state index in [0.717, 1.165) is 25.6 Å². The fourth-order valence-corrected chi connectivity index (χ4v) is 3.02. The highest BCUT2D eigenvalue weighted by Crippen LogP contribution is 2.24. The van der Waals surface area contributed by atoms with Crippen LogP contribution in [0.1, 0.15) is 24.0 Å². The first-order chi connectivity index (χ1) is 13.4. The Bertz CT molecular complexity index is 758.